The normalized spacial score (nSPS) is 10.4. The highest BCUT2D eigenvalue weighted by Gasteiger charge is 2.14. The SMILES string of the molecule is Nc1ccc(C(=O)Nc2c(Cl)cc(Cl)cc2Cl)cc1F. The number of nitrogen functional groups attached to an aromatic ring is 1. The number of anilines is 2. The molecule has 0 aliphatic heterocycles. The molecule has 104 valence electrons. The lowest BCUT2D eigenvalue weighted by molar-refractivity contribution is 0.102. The second-order valence-electron chi connectivity index (χ2n) is 3.93. The average Bonchev–Trinajstić information content (AvgIpc) is 2.36. The second kappa shape index (κ2) is 5.87. The van der Waals surface area contributed by atoms with Crippen molar-refractivity contribution >= 4 is 52.1 Å². The van der Waals surface area contributed by atoms with Gasteiger partial charge < -0.3 is 11.1 Å². The summed E-state index contributed by atoms with van der Waals surface area (Å²) in [5.41, 5.74) is 5.61. The molecule has 0 saturated carbocycles. The monoisotopic (exact) mass is 332 g/mol. The Labute approximate surface area is 129 Å². The number of carbonyl (C=O) groups is 1. The lowest BCUT2D eigenvalue weighted by Gasteiger charge is -2.10. The number of benzene rings is 2. The van der Waals surface area contributed by atoms with Crippen LogP contribution in [0.5, 0.6) is 0 Å². The Bertz CT molecular complexity index is 668. The zero-order valence-corrected chi connectivity index (χ0v) is 12.2. The molecule has 0 fully saturated rings. The van der Waals surface area contributed by atoms with Gasteiger partial charge in [-0.15, -0.1) is 0 Å². The summed E-state index contributed by atoms with van der Waals surface area (Å²) in [6.45, 7) is 0. The molecule has 0 spiro atoms. The van der Waals surface area contributed by atoms with Gasteiger partial charge in [-0.3, -0.25) is 4.79 Å². The Hall–Kier alpha value is -1.49. The van der Waals surface area contributed by atoms with E-state index in [9.17, 15) is 9.18 Å². The van der Waals surface area contributed by atoms with Gasteiger partial charge in [-0.2, -0.15) is 0 Å². The number of carbonyl (C=O) groups excluding carboxylic acids is 1. The van der Waals surface area contributed by atoms with Crippen molar-refractivity contribution in [2.75, 3.05) is 11.1 Å². The lowest BCUT2D eigenvalue weighted by atomic mass is 10.2. The largest absolute Gasteiger partial charge is 0.396 e. The summed E-state index contributed by atoms with van der Waals surface area (Å²) in [6.07, 6.45) is 0. The van der Waals surface area contributed by atoms with Crippen LogP contribution in [-0.2, 0) is 0 Å². The van der Waals surface area contributed by atoms with Crippen LogP contribution in [0.3, 0.4) is 0 Å². The van der Waals surface area contributed by atoms with Gasteiger partial charge in [-0.25, -0.2) is 4.39 Å². The molecule has 0 aliphatic carbocycles. The van der Waals surface area contributed by atoms with Crippen LogP contribution in [-0.4, -0.2) is 5.91 Å². The van der Waals surface area contributed by atoms with Crippen LogP contribution >= 0.6 is 34.8 Å². The van der Waals surface area contributed by atoms with E-state index < -0.39 is 11.7 Å². The van der Waals surface area contributed by atoms with E-state index in [-0.39, 0.29) is 27.0 Å². The molecule has 20 heavy (non-hydrogen) atoms. The first-order valence-corrected chi connectivity index (χ1v) is 6.53. The summed E-state index contributed by atoms with van der Waals surface area (Å²) in [5, 5.41) is 3.22. The van der Waals surface area contributed by atoms with Crippen LogP contribution in [0.15, 0.2) is 30.3 Å². The van der Waals surface area contributed by atoms with Gasteiger partial charge in [0.05, 0.1) is 21.4 Å². The Morgan fingerprint density at radius 3 is 2.25 bits per heavy atom. The predicted octanol–water partition coefficient (Wildman–Crippen LogP) is 4.62. The van der Waals surface area contributed by atoms with Crippen LogP contribution in [0.1, 0.15) is 10.4 Å². The minimum Gasteiger partial charge on any atom is -0.396 e. The van der Waals surface area contributed by atoms with Crippen LogP contribution in [0, 0.1) is 5.82 Å². The Morgan fingerprint density at radius 1 is 1.10 bits per heavy atom. The van der Waals surface area contributed by atoms with Crippen molar-refractivity contribution in [1.29, 1.82) is 0 Å². The van der Waals surface area contributed by atoms with Crippen LogP contribution in [0.4, 0.5) is 15.8 Å². The van der Waals surface area contributed by atoms with Gasteiger partial charge in [0, 0.05) is 10.6 Å². The molecule has 0 saturated heterocycles. The molecule has 2 aromatic carbocycles. The molecule has 1 amide bonds. The minimum absolute atomic E-state index is 0.0379. The molecule has 2 rings (SSSR count). The van der Waals surface area contributed by atoms with E-state index in [2.05, 4.69) is 5.32 Å². The van der Waals surface area contributed by atoms with Crippen LogP contribution < -0.4 is 11.1 Å². The number of hydrogen-bond donors (Lipinski definition) is 2. The summed E-state index contributed by atoms with van der Waals surface area (Å²) < 4.78 is 13.3. The molecule has 0 bridgehead atoms. The van der Waals surface area contributed by atoms with Crippen molar-refractivity contribution in [2.24, 2.45) is 0 Å². The maximum Gasteiger partial charge on any atom is 0.255 e. The van der Waals surface area contributed by atoms with Crippen molar-refractivity contribution < 1.29 is 9.18 Å². The molecule has 0 aliphatic rings. The highest BCUT2D eigenvalue weighted by molar-refractivity contribution is 6.42. The van der Waals surface area contributed by atoms with Gasteiger partial charge in [-0.1, -0.05) is 34.8 Å². The Morgan fingerprint density at radius 2 is 1.70 bits per heavy atom. The van der Waals surface area contributed by atoms with E-state index in [0.29, 0.717) is 5.02 Å². The third-order valence-corrected chi connectivity index (χ3v) is 3.32. The molecule has 3 nitrogen and oxygen atoms in total. The fourth-order valence-corrected chi connectivity index (χ4v) is 2.43. The molecule has 7 heteroatoms. The van der Waals surface area contributed by atoms with Gasteiger partial charge >= 0.3 is 0 Å². The van der Waals surface area contributed by atoms with Gasteiger partial charge in [0.15, 0.2) is 0 Å². The maximum absolute atomic E-state index is 13.3. The molecular weight excluding hydrogens is 326 g/mol. The summed E-state index contributed by atoms with van der Waals surface area (Å²) in [7, 11) is 0. The molecular formula is C13H8Cl3FN2O. The number of rotatable bonds is 2. The molecule has 0 unspecified atom stereocenters. The summed E-state index contributed by atoms with van der Waals surface area (Å²) >= 11 is 17.7. The zero-order chi connectivity index (χ0) is 14.9. The van der Waals surface area contributed by atoms with E-state index >= 15 is 0 Å². The first-order valence-electron chi connectivity index (χ1n) is 5.39. The molecule has 0 atom stereocenters. The summed E-state index contributed by atoms with van der Waals surface area (Å²) in [4.78, 5) is 12.0. The van der Waals surface area contributed by atoms with Crippen molar-refractivity contribution in [1.82, 2.24) is 0 Å². The molecule has 3 N–H and O–H groups in total. The van der Waals surface area contributed by atoms with Gasteiger partial charge in [0.1, 0.15) is 5.82 Å². The average molecular weight is 334 g/mol. The van der Waals surface area contributed by atoms with Crippen molar-refractivity contribution in [2.45, 2.75) is 0 Å². The van der Waals surface area contributed by atoms with Gasteiger partial charge in [0.25, 0.3) is 5.91 Å². The summed E-state index contributed by atoms with van der Waals surface area (Å²) in [6, 6.07) is 6.60. The summed E-state index contributed by atoms with van der Waals surface area (Å²) in [5.74, 6) is -1.24. The van der Waals surface area contributed by atoms with Crippen molar-refractivity contribution in [3.8, 4) is 0 Å². The molecule has 0 heterocycles. The van der Waals surface area contributed by atoms with E-state index in [0.717, 1.165) is 6.07 Å². The Balaban J connectivity index is 2.30. The number of nitrogens with one attached hydrogen (secondary N) is 1. The maximum atomic E-state index is 13.3. The highest BCUT2D eigenvalue weighted by atomic mass is 35.5. The fraction of sp³-hybridized carbons (Fsp3) is 0. The smallest absolute Gasteiger partial charge is 0.255 e. The van der Waals surface area contributed by atoms with Crippen molar-refractivity contribution in [3.63, 3.8) is 0 Å². The van der Waals surface area contributed by atoms with E-state index in [1.807, 2.05) is 0 Å². The van der Waals surface area contributed by atoms with Crippen molar-refractivity contribution in [3.05, 3.63) is 56.8 Å². The van der Waals surface area contributed by atoms with Gasteiger partial charge in [-0.05, 0) is 30.3 Å². The number of halogens is 4. The first kappa shape index (κ1) is 14.9. The first-order chi connectivity index (χ1) is 9.38. The second-order valence-corrected chi connectivity index (χ2v) is 5.19. The predicted molar refractivity (Wildman–Crippen MR) is 80.2 cm³/mol. The fourth-order valence-electron chi connectivity index (χ4n) is 1.52. The van der Waals surface area contributed by atoms with Gasteiger partial charge in [0.2, 0.25) is 0 Å². The quantitative estimate of drug-likeness (QED) is 0.788. The number of hydrogen-bond acceptors (Lipinski definition) is 2. The Kier molecular flexibility index (Phi) is 4.38. The number of nitrogens with two attached hydrogens (primary N) is 1. The number of amides is 1. The zero-order valence-electron chi connectivity index (χ0n) is 9.88. The lowest BCUT2D eigenvalue weighted by Crippen LogP contribution is -2.13. The third-order valence-electron chi connectivity index (χ3n) is 2.51. The topological polar surface area (TPSA) is 55.1 Å². The van der Waals surface area contributed by atoms with E-state index in [1.54, 1.807) is 0 Å². The highest BCUT2D eigenvalue weighted by Crippen LogP contribution is 2.34. The minimum atomic E-state index is -0.675. The molecule has 2 aromatic rings. The standard InChI is InChI=1S/C13H8Cl3FN2O/c14-7-4-8(15)12(9(16)5-7)19-13(20)6-1-2-11(18)10(17)3-6/h1-5H,18H2,(H,19,20). The molecule has 0 radical (unpaired) electrons. The third kappa shape index (κ3) is 3.15. The van der Waals surface area contributed by atoms with Crippen LogP contribution in [0.25, 0.3) is 0 Å². The van der Waals surface area contributed by atoms with E-state index in [1.165, 1.54) is 24.3 Å². The van der Waals surface area contributed by atoms with E-state index in [4.69, 9.17) is 40.5 Å². The molecule has 0 aromatic heterocycles. The van der Waals surface area contributed by atoms with Crippen LogP contribution in [0.2, 0.25) is 15.1 Å².